The number of rotatable bonds is 3. The van der Waals surface area contributed by atoms with Crippen molar-refractivity contribution < 1.29 is 14.3 Å². The highest BCUT2D eigenvalue weighted by atomic mass is 16.5. The second-order valence-electron chi connectivity index (χ2n) is 5.11. The molecule has 1 aliphatic heterocycles. The smallest absolute Gasteiger partial charge is 0.320 e. The Morgan fingerprint density at radius 3 is 2.47 bits per heavy atom. The van der Waals surface area contributed by atoms with Gasteiger partial charge in [-0.05, 0) is 5.41 Å². The Hall–Kier alpha value is -0.610. The van der Waals surface area contributed by atoms with Crippen LogP contribution in [0.5, 0.6) is 0 Å². The molecule has 0 atom stereocenters. The van der Waals surface area contributed by atoms with Crippen molar-refractivity contribution in [3.63, 3.8) is 0 Å². The molecule has 0 radical (unpaired) electrons. The Bertz CT molecular complexity index is 204. The third-order valence-corrected chi connectivity index (χ3v) is 2.12. The van der Waals surface area contributed by atoms with Crippen molar-refractivity contribution >= 4 is 5.97 Å². The van der Waals surface area contributed by atoms with Crippen LogP contribution in [0.3, 0.4) is 0 Å². The molecule has 0 bridgehead atoms. The zero-order valence-electron chi connectivity index (χ0n) is 9.91. The quantitative estimate of drug-likeness (QED) is 0.656. The number of ether oxygens (including phenoxy) is 2. The van der Waals surface area contributed by atoms with Gasteiger partial charge in [0, 0.05) is 13.1 Å². The maximum Gasteiger partial charge on any atom is 0.320 e. The topological polar surface area (TPSA) is 38.8 Å². The molecule has 0 saturated carbocycles. The van der Waals surface area contributed by atoms with Crippen LogP contribution in [0.4, 0.5) is 0 Å². The summed E-state index contributed by atoms with van der Waals surface area (Å²) in [6.07, 6.45) is 0. The summed E-state index contributed by atoms with van der Waals surface area (Å²) in [5.41, 5.74) is 0.0423. The molecule has 15 heavy (non-hydrogen) atoms. The van der Waals surface area contributed by atoms with Gasteiger partial charge in [0.15, 0.2) is 0 Å². The van der Waals surface area contributed by atoms with E-state index in [-0.39, 0.29) is 11.4 Å². The van der Waals surface area contributed by atoms with Crippen LogP contribution in [0.25, 0.3) is 0 Å². The summed E-state index contributed by atoms with van der Waals surface area (Å²) >= 11 is 0. The summed E-state index contributed by atoms with van der Waals surface area (Å²) in [4.78, 5) is 13.5. The Balaban J connectivity index is 2.17. The van der Waals surface area contributed by atoms with Gasteiger partial charge in [0.05, 0.1) is 26.4 Å². The number of esters is 1. The number of hydrogen-bond donors (Lipinski definition) is 0. The molecule has 0 spiro atoms. The molecule has 1 rings (SSSR count). The minimum Gasteiger partial charge on any atom is -0.464 e. The lowest BCUT2D eigenvalue weighted by molar-refractivity contribution is -0.148. The number of carbonyl (C=O) groups excluding carboxylic acids is 1. The lowest BCUT2D eigenvalue weighted by atomic mass is 9.99. The number of carbonyl (C=O) groups is 1. The molecule has 4 heteroatoms. The van der Waals surface area contributed by atoms with Crippen LogP contribution in [0.15, 0.2) is 0 Å². The van der Waals surface area contributed by atoms with Gasteiger partial charge in [0.1, 0.15) is 0 Å². The fraction of sp³-hybridized carbons (Fsp3) is 0.909. The van der Waals surface area contributed by atoms with E-state index < -0.39 is 0 Å². The maximum absolute atomic E-state index is 11.5. The minimum absolute atomic E-state index is 0.0423. The van der Waals surface area contributed by atoms with E-state index >= 15 is 0 Å². The predicted molar refractivity (Wildman–Crippen MR) is 57.7 cm³/mol. The molecule has 0 aromatic heterocycles. The van der Waals surface area contributed by atoms with Crippen LogP contribution in [-0.4, -0.2) is 50.3 Å². The maximum atomic E-state index is 11.5. The lowest BCUT2D eigenvalue weighted by Crippen LogP contribution is -2.40. The highest BCUT2D eigenvalue weighted by Crippen LogP contribution is 2.12. The second-order valence-corrected chi connectivity index (χ2v) is 5.11. The van der Waals surface area contributed by atoms with Gasteiger partial charge in [-0.25, -0.2) is 0 Å². The van der Waals surface area contributed by atoms with Crippen molar-refractivity contribution in [1.29, 1.82) is 0 Å². The minimum atomic E-state index is -0.133. The predicted octanol–water partition coefficient (Wildman–Crippen LogP) is 0.908. The fourth-order valence-corrected chi connectivity index (χ4v) is 1.28. The molecular formula is C11H21NO3. The van der Waals surface area contributed by atoms with Crippen molar-refractivity contribution in [2.45, 2.75) is 20.8 Å². The first-order valence-corrected chi connectivity index (χ1v) is 5.43. The zero-order valence-corrected chi connectivity index (χ0v) is 9.91. The molecule has 0 aromatic rings. The summed E-state index contributed by atoms with van der Waals surface area (Å²) < 4.78 is 10.4. The van der Waals surface area contributed by atoms with Crippen LogP contribution < -0.4 is 0 Å². The molecule has 0 aromatic carbocycles. The molecule has 1 fully saturated rings. The van der Waals surface area contributed by atoms with Crippen LogP contribution in [0, 0.1) is 5.41 Å². The Kier molecular flexibility index (Phi) is 4.54. The van der Waals surface area contributed by atoms with E-state index in [0.717, 1.165) is 13.1 Å². The van der Waals surface area contributed by atoms with E-state index in [2.05, 4.69) is 25.7 Å². The molecule has 0 N–H and O–H groups in total. The van der Waals surface area contributed by atoms with Gasteiger partial charge in [-0.2, -0.15) is 0 Å². The number of nitrogens with zero attached hydrogens (tertiary/aromatic N) is 1. The van der Waals surface area contributed by atoms with E-state index in [1.165, 1.54) is 0 Å². The van der Waals surface area contributed by atoms with E-state index in [4.69, 9.17) is 9.47 Å². The molecule has 0 amide bonds. The normalized spacial score (nSPS) is 18.9. The first kappa shape index (κ1) is 12.5. The average Bonchev–Trinajstić information content (AvgIpc) is 2.15. The van der Waals surface area contributed by atoms with Gasteiger partial charge in [0.2, 0.25) is 0 Å². The first-order chi connectivity index (χ1) is 6.97. The van der Waals surface area contributed by atoms with Crippen molar-refractivity contribution in [3.05, 3.63) is 0 Å². The monoisotopic (exact) mass is 215 g/mol. The fourth-order valence-electron chi connectivity index (χ4n) is 1.28. The van der Waals surface area contributed by atoms with Gasteiger partial charge in [0.25, 0.3) is 0 Å². The molecule has 4 nitrogen and oxygen atoms in total. The highest BCUT2D eigenvalue weighted by Gasteiger charge is 2.17. The van der Waals surface area contributed by atoms with Crippen LogP contribution in [0.2, 0.25) is 0 Å². The Morgan fingerprint density at radius 2 is 1.93 bits per heavy atom. The van der Waals surface area contributed by atoms with Crippen molar-refractivity contribution in [2.75, 3.05) is 39.5 Å². The molecule has 0 unspecified atom stereocenters. The van der Waals surface area contributed by atoms with E-state index in [0.29, 0.717) is 26.4 Å². The molecule has 0 aliphatic carbocycles. The first-order valence-electron chi connectivity index (χ1n) is 5.43. The average molecular weight is 215 g/mol. The highest BCUT2D eigenvalue weighted by molar-refractivity contribution is 5.71. The van der Waals surface area contributed by atoms with Crippen LogP contribution in [-0.2, 0) is 14.3 Å². The largest absolute Gasteiger partial charge is 0.464 e. The summed E-state index contributed by atoms with van der Waals surface area (Å²) in [7, 11) is 0. The summed E-state index contributed by atoms with van der Waals surface area (Å²) in [5, 5.41) is 0. The van der Waals surface area contributed by atoms with Gasteiger partial charge < -0.3 is 9.47 Å². The lowest BCUT2D eigenvalue weighted by Gasteiger charge is -2.26. The van der Waals surface area contributed by atoms with E-state index in [1.807, 2.05) is 0 Å². The molecule has 1 heterocycles. The van der Waals surface area contributed by atoms with Crippen molar-refractivity contribution in [3.8, 4) is 0 Å². The third-order valence-electron chi connectivity index (χ3n) is 2.12. The second kappa shape index (κ2) is 5.47. The van der Waals surface area contributed by atoms with Crippen LogP contribution in [0.1, 0.15) is 20.8 Å². The third kappa shape index (κ3) is 5.74. The Labute approximate surface area is 91.5 Å². The summed E-state index contributed by atoms with van der Waals surface area (Å²) in [6, 6.07) is 0. The molecule has 1 saturated heterocycles. The van der Waals surface area contributed by atoms with E-state index in [1.54, 1.807) is 0 Å². The van der Waals surface area contributed by atoms with Gasteiger partial charge in [-0.15, -0.1) is 0 Å². The number of morpholine rings is 1. The van der Waals surface area contributed by atoms with Gasteiger partial charge in [-0.3, -0.25) is 9.69 Å². The van der Waals surface area contributed by atoms with Crippen molar-refractivity contribution in [1.82, 2.24) is 4.90 Å². The van der Waals surface area contributed by atoms with Crippen molar-refractivity contribution in [2.24, 2.45) is 5.41 Å². The van der Waals surface area contributed by atoms with Gasteiger partial charge in [-0.1, -0.05) is 20.8 Å². The number of hydrogen-bond acceptors (Lipinski definition) is 4. The molecule has 88 valence electrons. The van der Waals surface area contributed by atoms with Crippen LogP contribution >= 0.6 is 0 Å². The molecule has 1 aliphatic rings. The summed E-state index contributed by atoms with van der Waals surface area (Å²) in [5.74, 6) is -0.133. The summed E-state index contributed by atoms with van der Waals surface area (Å²) in [6.45, 7) is 10.1. The standard InChI is InChI=1S/C11H21NO3/c1-11(2,3)9-15-10(13)8-12-4-6-14-7-5-12/h4-9H2,1-3H3. The SMILES string of the molecule is CC(C)(C)COC(=O)CN1CCOCC1. The molecular weight excluding hydrogens is 194 g/mol. The van der Waals surface area contributed by atoms with E-state index in [9.17, 15) is 4.79 Å². The zero-order chi connectivity index (χ0) is 11.3. The Morgan fingerprint density at radius 1 is 1.33 bits per heavy atom. The van der Waals surface area contributed by atoms with Gasteiger partial charge >= 0.3 is 5.97 Å².